The van der Waals surface area contributed by atoms with Crippen LogP contribution in [-0.4, -0.2) is 22.9 Å². The third-order valence-corrected chi connectivity index (χ3v) is 4.06. The van der Waals surface area contributed by atoms with E-state index < -0.39 is 0 Å². The molecule has 1 aromatic rings. The highest BCUT2D eigenvalue weighted by Gasteiger charge is 2.31. The van der Waals surface area contributed by atoms with Crippen LogP contribution in [0.4, 0.5) is 0 Å². The number of likely N-dealkylation sites (tertiary alicyclic amines) is 1. The van der Waals surface area contributed by atoms with E-state index in [1.54, 1.807) is 0 Å². The predicted octanol–water partition coefficient (Wildman–Crippen LogP) is 3.36. The van der Waals surface area contributed by atoms with Crippen molar-refractivity contribution in [2.75, 3.05) is 0 Å². The summed E-state index contributed by atoms with van der Waals surface area (Å²) >= 11 is 0. The smallest absolute Gasteiger partial charge is 0.227 e. The van der Waals surface area contributed by atoms with Gasteiger partial charge in [-0.05, 0) is 44.2 Å². The van der Waals surface area contributed by atoms with Crippen molar-refractivity contribution in [3.8, 4) is 0 Å². The Hall–Kier alpha value is -1.57. The Kier molecular flexibility index (Phi) is 4.41. The van der Waals surface area contributed by atoms with Crippen molar-refractivity contribution in [1.82, 2.24) is 4.90 Å². The van der Waals surface area contributed by atoms with Gasteiger partial charge in [-0.15, -0.1) is 6.58 Å². The summed E-state index contributed by atoms with van der Waals surface area (Å²) in [5.74, 6) is 0.258. The van der Waals surface area contributed by atoms with Crippen molar-refractivity contribution in [2.24, 2.45) is 0 Å². The molecule has 1 saturated heterocycles. The summed E-state index contributed by atoms with van der Waals surface area (Å²) < 4.78 is 0. The first kappa shape index (κ1) is 13.9. The average Bonchev–Trinajstić information content (AvgIpc) is 2.72. The van der Waals surface area contributed by atoms with Crippen LogP contribution >= 0.6 is 0 Å². The van der Waals surface area contributed by atoms with E-state index in [0.29, 0.717) is 18.5 Å². The Morgan fingerprint density at radius 2 is 1.84 bits per heavy atom. The van der Waals surface area contributed by atoms with E-state index in [2.05, 4.69) is 37.5 Å². The first-order valence-electron chi connectivity index (χ1n) is 7.12. The molecule has 1 aliphatic rings. The molecule has 1 aliphatic heterocycles. The van der Waals surface area contributed by atoms with Crippen LogP contribution in [0.5, 0.6) is 0 Å². The van der Waals surface area contributed by atoms with Gasteiger partial charge in [0.25, 0.3) is 0 Å². The number of carbonyl (C=O) groups excluding carboxylic acids is 1. The minimum Gasteiger partial charge on any atom is -0.337 e. The van der Waals surface area contributed by atoms with Gasteiger partial charge in [0.2, 0.25) is 5.91 Å². The highest BCUT2D eigenvalue weighted by molar-refractivity contribution is 5.80. The van der Waals surface area contributed by atoms with Gasteiger partial charge in [0.15, 0.2) is 0 Å². The lowest BCUT2D eigenvalue weighted by Gasteiger charge is -2.26. The van der Waals surface area contributed by atoms with Gasteiger partial charge in [-0.1, -0.05) is 30.3 Å². The van der Waals surface area contributed by atoms with Gasteiger partial charge < -0.3 is 4.90 Å². The summed E-state index contributed by atoms with van der Waals surface area (Å²) in [5, 5.41) is 0. The van der Waals surface area contributed by atoms with Crippen LogP contribution in [0.15, 0.2) is 36.9 Å². The Balaban J connectivity index is 2.12. The summed E-state index contributed by atoms with van der Waals surface area (Å²) in [6, 6.07) is 8.94. The Labute approximate surface area is 116 Å². The van der Waals surface area contributed by atoms with E-state index in [-0.39, 0.29) is 5.91 Å². The van der Waals surface area contributed by atoms with E-state index in [9.17, 15) is 4.79 Å². The first-order valence-corrected chi connectivity index (χ1v) is 7.12. The second-order valence-electron chi connectivity index (χ2n) is 5.51. The van der Waals surface area contributed by atoms with Crippen molar-refractivity contribution in [3.63, 3.8) is 0 Å². The number of amides is 1. The quantitative estimate of drug-likeness (QED) is 0.757. The molecule has 1 fully saturated rings. The highest BCUT2D eigenvalue weighted by Crippen LogP contribution is 2.24. The number of allylic oxidation sites excluding steroid dienone is 1. The van der Waals surface area contributed by atoms with Crippen LogP contribution in [-0.2, 0) is 17.6 Å². The lowest BCUT2D eigenvalue weighted by Crippen LogP contribution is -2.39. The summed E-state index contributed by atoms with van der Waals surface area (Å²) in [7, 11) is 0. The van der Waals surface area contributed by atoms with Crippen LogP contribution in [0.1, 0.15) is 37.8 Å². The second-order valence-corrected chi connectivity index (χ2v) is 5.51. The molecule has 2 heteroatoms. The molecule has 0 radical (unpaired) electrons. The summed E-state index contributed by atoms with van der Waals surface area (Å²) in [6.07, 6.45) is 5.49. The molecule has 19 heavy (non-hydrogen) atoms. The fraction of sp³-hybridized carbons (Fsp3) is 0.471. The summed E-state index contributed by atoms with van der Waals surface area (Å²) in [6.45, 7) is 8.08. The van der Waals surface area contributed by atoms with E-state index in [1.807, 2.05) is 18.2 Å². The maximum atomic E-state index is 12.5. The van der Waals surface area contributed by atoms with Crippen LogP contribution < -0.4 is 0 Å². The maximum absolute atomic E-state index is 12.5. The molecule has 0 aromatic heterocycles. The van der Waals surface area contributed by atoms with E-state index in [1.165, 1.54) is 5.56 Å². The fourth-order valence-electron chi connectivity index (χ4n) is 3.03. The number of nitrogens with zero attached hydrogens (tertiary/aromatic N) is 1. The number of hydrogen-bond acceptors (Lipinski definition) is 1. The van der Waals surface area contributed by atoms with E-state index in [4.69, 9.17) is 0 Å². The maximum Gasteiger partial charge on any atom is 0.227 e. The van der Waals surface area contributed by atoms with Crippen molar-refractivity contribution in [1.29, 1.82) is 0 Å². The van der Waals surface area contributed by atoms with Gasteiger partial charge in [-0.25, -0.2) is 0 Å². The second kappa shape index (κ2) is 6.05. The third-order valence-electron chi connectivity index (χ3n) is 4.06. The Bertz CT molecular complexity index is 456. The van der Waals surface area contributed by atoms with Gasteiger partial charge in [0.1, 0.15) is 0 Å². The molecule has 0 unspecified atom stereocenters. The van der Waals surface area contributed by atoms with Gasteiger partial charge >= 0.3 is 0 Å². The number of hydrogen-bond donors (Lipinski definition) is 0. The third kappa shape index (κ3) is 3.06. The molecule has 2 atom stereocenters. The summed E-state index contributed by atoms with van der Waals surface area (Å²) in [4.78, 5) is 14.6. The molecule has 1 amide bonds. The van der Waals surface area contributed by atoms with Crippen molar-refractivity contribution >= 4 is 5.91 Å². The molecular formula is C17H23NO. The molecule has 1 heterocycles. The zero-order valence-corrected chi connectivity index (χ0v) is 11.9. The SMILES string of the molecule is C=CCc1ccccc1CC(=O)N1[C@H](C)CC[C@H]1C. The van der Waals surface area contributed by atoms with Crippen LogP contribution in [0, 0.1) is 0 Å². The lowest BCUT2D eigenvalue weighted by molar-refractivity contribution is -0.132. The standard InChI is InChI=1S/C17H23NO/c1-4-7-15-8-5-6-9-16(15)12-17(19)18-13(2)10-11-14(18)3/h4-6,8-9,13-14H,1,7,10-12H2,2-3H3/t13-,14-/m1/s1. The zero-order chi connectivity index (χ0) is 13.8. The van der Waals surface area contributed by atoms with Crippen molar-refractivity contribution in [2.45, 2.75) is 51.6 Å². The van der Waals surface area contributed by atoms with Gasteiger partial charge in [0.05, 0.1) is 6.42 Å². The number of carbonyl (C=O) groups is 1. The Morgan fingerprint density at radius 1 is 1.26 bits per heavy atom. The topological polar surface area (TPSA) is 20.3 Å². The molecule has 0 spiro atoms. The molecular weight excluding hydrogens is 234 g/mol. The average molecular weight is 257 g/mol. The zero-order valence-electron chi connectivity index (χ0n) is 11.9. The molecule has 0 saturated carbocycles. The van der Waals surface area contributed by atoms with Crippen LogP contribution in [0.25, 0.3) is 0 Å². The molecule has 2 nitrogen and oxygen atoms in total. The van der Waals surface area contributed by atoms with Gasteiger partial charge in [-0.3, -0.25) is 4.79 Å². The van der Waals surface area contributed by atoms with Crippen LogP contribution in [0.2, 0.25) is 0 Å². The minimum absolute atomic E-state index is 0.258. The highest BCUT2D eigenvalue weighted by atomic mass is 16.2. The summed E-state index contributed by atoms with van der Waals surface area (Å²) in [5.41, 5.74) is 2.35. The monoisotopic (exact) mass is 257 g/mol. The van der Waals surface area contributed by atoms with Gasteiger partial charge in [-0.2, -0.15) is 0 Å². The molecule has 2 rings (SSSR count). The largest absolute Gasteiger partial charge is 0.337 e. The molecule has 0 bridgehead atoms. The van der Waals surface area contributed by atoms with Crippen LogP contribution in [0.3, 0.4) is 0 Å². The van der Waals surface area contributed by atoms with Crippen molar-refractivity contribution < 1.29 is 4.79 Å². The molecule has 1 aromatic carbocycles. The molecule has 0 aliphatic carbocycles. The van der Waals surface area contributed by atoms with Gasteiger partial charge in [0, 0.05) is 12.1 Å². The van der Waals surface area contributed by atoms with E-state index in [0.717, 1.165) is 24.8 Å². The first-order chi connectivity index (χ1) is 9.13. The fourth-order valence-corrected chi connectivity index (χ4v) is 3.03. The minimum atomic E-state index is 0.258. The number of rotatable bonds is 4. The van der Waals surface area contributed by atoms with E-state index >= 15 is 0 Å². The lowest BCUT2D eigenvalue weighted by atomic mass is 10.0. The van der Waals surface area contributed by atoms with Crippen molar-refractivity contribution in [3.05, 3.63) is 48.0 Å². The predicted molar refractivity (Wildman–Crippen MR) is 79.1 cm³/mol. The Morgan fingerprint density at radius 3 is 2.42 bits per heavy atom. The molecule has 102 valence electrons. The normalized spacial score (nSPS) is 22.5. The number of benzene rings is 1. The molecule has 0 N–H and O–H groups in total.